The molecular formula is C22H35ClN2O4. The molecule has 2 rings (SSSR count). The highest BCUT2D eigenvalue weighted by molar-refractivity contribution is 6.30. The summed E-state index contributed by atoms with van der Waals surface area (Å²) in [6.07, 6.45) is 9.94. The number of hydrogen-bond acceptors (Lipinski definition) is 5. The van der Waals surface area contributed by atoms with Crippen molar-refractivity contribution in [3.05, 3.63) is 29.0 Å². The van der Waals surface area contributed by atoms with Gasteiger partial charge in [-0.05, 0) is 37.7 Å². The lowest BCUT2D eigenvalue weighted by atomic mass is 9.88. The quantitative estimate of drug-likeness (QED) is 0.329. The van der Waals surface area contributed by atoms with E-state index in [-0.39, 0.29) is 18.6 Å². The minimum absolute atomic E-state index is 0.0899. The zero-order chi connectivity index (χ0) is 21.5. The Morgan fingerprint density at radius 3 is 2.38 bits per heavy atom. The number of nitrogens with one attached hydrogen (secondary N) is 1. The second kappa shape index (κ2) is 15.1. The summed E-state index contributed by atoms with van der Waals surface area (Å²) in [6.45, 7) is 6.61. The predicted octanol–water partition coefficient (Wildman–Crippen LogP) is 5.67. The van der Waals surface area contributed by atoms with Gasteiger partial charge in [0.2, 0.25) is 0 Å². The van der Waals surface area contributed by atoms with Gasteiger partial charge < -0.3 is 14.8 Å². The SMILES string of the molecule is CC(=O)OCC1CCC(OC(=O)NCc2cccnc2Cl)CC1.CCCCCC. The lowest BCUT2D eigenvalue weighted by Gasteiger charge is -2.27. The molecule has 29 heavy (non-hydrogen) atoms. The van der Waals surface area contributed by atoms with Gasteiger partial charge in [-0.2, -0.15) is 0 Å². The topological polar surface area (TPSA) is 77.5 Å². The monoisotopic (exact) mass is 426 g/mol. The molecule has 1 aromatic heterocycles. The fourth-order valence-electron chi connectivity index (χ4n) is 3.06. The van der Waals surface area contributed by atoms with Gasteiger partial charge in [-0.3, -0.25) is 4.79 Å². The molecule has 1 saturated carbocycles. The van der Waals surface area contributed by atoms with Crippen molar-refractivity contribution in [2.24, 2.45) is 5.92 Å². The largest absolute Gasteiger partial charge is 0.466 e. The van der Waals surface area contributed by atoms with E-state index in [2.05, 4.69) is 24.1 Å². The first-order chi connectivity index (χ1) is 14.0. The summed E-state index contributed by atoms with van der Waals surface area (Å²) in [5, 5.41) is 3.06. The van der Waals surface area contributed by atoms with Crippen LogP contribution in [0.1, 0.15) is 77.7 Å². The molecule has 1 heterocycles. The average Bonchev–Trinajstić information content (AvgIpc) is 2.71. The molecule has 1 aliphatic rings. The fraction of sp³-hybridized carbons (Fsp3) is 0.682. The number of rotatable bonds is 8. The molecule has 1 amide bonds. The number of carbonyl (C=O) groups excluding carboxylic acids is 2. The number of nitrogens with zero attached hydrogens (tertiary/aromatic N) is 1. The Morgan fingerprint density at radius 2 is 1.83 bits per heavy atom. The van der Waals surface area contributed by atoms with Gasteiger partial charge in [-0.1, -0.05) is 57.2 Å². The number of amides is 1. The average molecular weight is 427 g/mol. The van der Waals surface area contributed by atoms with E-state index in [0.717, 1.165) is 31.2 Å². The molecule has 0 saturated heterocycles. The molecular weight excluding hydrogens is 392 g/mol. The maximum atomic E-state index is 11.8. The van der Waals surface area contributed by atoms with E-state index in [1.165, 1.54) is 32.6 Å². The number of alkyl carbamates (subject to hydrolysis) is 1. The summed E-state index contributed by atoms with van der Waals surface area (Å²) in [6, 6.07) is 3.56. The van der Waals surface area contributed by atoms with Crippen molar-refractivity contribution in [3.63, 3.8) is 0 Å². The van der Waals surface area contributed by atoms with Crippen LogP contribution in [0.4, 0.5) is 4.79 Å². The number of esters is 1. The zero-order valence-electron chi connectivity index (χ0n) is 17.9. The number of unbranched alkanes of at least 4 members (excludes halogenated alkanes) is 3. The molecule has 1 aliphatic carbocycles. The molecule has 1 fully saturated rings. The maximum absolute atomic E-state index is 11.8. The van der Waals surface area contributed by atoms with Gasteiger partial charge in [-0.25, -0.2) is 9.78 Å². The van der Waals surface area contributed by atoms with Crippen LogP contribution in [0, 0.1) is 5.92 Å². The van der Waals surface area contributed by atoms with Crippen molar-refractivity contribution < 1.29 is 19.1 Å². The molecule has 6 nitrogen and oxygen atoms in total. The number of carbonyl (C=O) groups is 2. The summed E-state index contributed by atoms with van der Waals surface area (Å²) in [4.78, 5) is 26.6. The molecule has 0 unspecified atom stereocenters. The van der Waals surface area contributed by atoms with Crippen LogP contribution >= 0.6 is 11.6 Å². The lowest BCUT2D eigenvalue weighted by molar-refractivity contribution is -0.142. The molecule has 0 bridgehead atoms. The third-order valence-corrected chi connectivity index (χ3v) is 5.15. The van der Waals surface area contributed by atoms with Gasteiger partial charge >= 0.3 is 12.1 Å². The number of pyridine rings is 1. The number of ether oxygens (including phenoxy) is 2. The summed E-state index contributed by atoms with van der Waals surface area (Å²) >= 11 is 5.93. The zero-order valence-corrected chi connectivity index (χ0v) is 18.7. The van der Waals surface area contributed by atoms with Crippen molar-refractivity contribution in [1.82, 2.24) is 10.3 Å². The van der Waals surface area contributed by atoms with Gasteiger partial charge in [0.1, 0.15) is 11.3 Å². The Balaban J connectivity index is 0.000000612. The van der Waals surface area contributed by atoms with E-state index in [0.29, 0.717) is 17.7 Å². The standard InChI is InChI=1S/C16H21ClN2O4.C6H14/c1-11(20)22-10-12-4-6-14(7-5-12)23-16(21)19-9-13-3-2-8-18-15(13)17;1-3-5-6-4-2/h2-3,8,12,14H,4-7,9-10H2,1H3,(H,19,21);3-6H2,1-2H3. The van der Waals surface area contributed by atoms with E-state index in [4.69, 9.17) is 21.1 Å². The maximum Gasteiger partial charge on any atom is 0.407 e. The second-order valence-electron chi connectivity index (χ2n) is 7.36. The number of halogens is 1. The Hall–Kier alpha value is -1.82. The molecule has 0 radical (unpaired) electrons. The van der Waals surface area contributed by atoms with Crippen LogP contribution < -0.4 is 5.32 Å². The first-order valence-corrected chi connectivity index (χ1v) is 11.0. The van der Waals surface area contributed by atoms with Crippen LogP contribution in [0.15, 0.2) is 18.3 Å². The van der Waals surface area contributed by atoms with Crippen LogP contribution in [0.5, 0.6) is 0 Å². The smallest absolute Gasteiger partial charge is 0.407 e. The Kier molecular flexibility index (Phi) is 13.1. The Morgan fingerprint density at radius 1 is 1.17 bits per heavy atom. The van der Waals surface area contributed by atoms with Crippen LogP contribution in [-0.4, -0.2) is 29.8 Å². The molecule has 7 heteroatoms. The number of hydrogen-bond donors (Lipinski definition) is 1. The van der Waals surface area contributed by atoms with Crippen molar-refractivity contribution in [2.75, 3.05) is 6.61 Å². The van der Waals surface area contributed by atoms with Crippen molar-refractivity contribution in [1.29, 1.82) is 0 Å². The summed E-state index contributed by atoms with van der Waals surface area (Å²) in [7, 11) is 0. The summed E-state index contributed by atoms with van der Waals surface area (Å²) in [5.41, 5.74) is 0.746. The summed E-state index contributed by atoms with van der Waals surface area (Å²) in [5.74, 6) is 0.104. The molecule has 1 aromatic rings. The molecule has 1 N–H and O–H groups in total. The van der Waals surface area contributed by atoms with Gasteiger partial charge in [0, 0.05) is 25.2 Å². The van der Waals surface area contributed by atoms with Crippen molar-refractivity contribution >= 4 is 23.7 Å². The third-order valence-electron chi connectivity index (χ3n) is 4.81. The lowest BCUT2D eigenvalue weighted by Crippen LogP contribution is -2.32. The van der Waals surface area contributed by atoms with E-state index in [1.54, 1.807) is 18.3 Å². The van der Waals surface area contributed by atoms with E-state index < -0.39 is 6.09 Å². The Bertz CT molecular complexity index is 600. The van der Waals surface area contributed by atoms with Gasteiger partial charge in [0.25, 0.3) is 0 Å². The minimum atomic E-state index is -0.451. The van der Waals surface area contributed by atoms with Crippen LogP contribution in [0.25, 0.3) is 0 Å². The summed E-state index contributed by atoms with van der Waals surface area (Å²) < 4.78 is 10.4. The fourth-order valence-corrected chi connectivity index (χ4v) is 3.25. The predicted molar refractivity (Wildman–Crippen MR) is 115 cm³/mol. The second-order valence-corrected chi connectivity index (χ2v) is 7.72. The van der Waals surface area contributed by atoms with Gasteiger partial charge in [0.05, 0.1) is 6.61 Å². The van der Waals surface area contributed by atoms with Crippen molar-refractivity contribution in [3.8, 4) is 0 Å². The third kappa shape index (κ3) is 11.7. The van der Waals surface area contributed by atoms with Crippen LogP contribution in [0.3, 0.4) is 0 Å². The highest BCUT2D eigenvalue weighted by Crippen LogP contribution is 2.26. The first kappa shape index (κ1) is 25.2. The van der Waals surface area contributed by atoms with Crippen LogP contribution in [0.2, 0.25) is 5.15 Å². The first-order valence-electron chi connectivity index (χ1n) is 10.6. The molecule has 0 spiro atoms. The van der Waals surface area contributed by atoms with Gasteiger partial charge in [0.15, 0.2) is 0 Å². The molecule has 0 aliphatic heterocycles. The van der Waals surface area contributed by atoms with E-state index in [9.17, 15) is 9.59 Å². The van der Waals surface area contributed by atoms with Gasteiger partial charge in [-0.15, -0.1) is 0 Å². The van der Waals surface area contributed by atoms with E-state index >= 15 is 0 Å². The Labute approximate surface area is 179 Å². The minimum Gasteiger partial charge on any atom is -0.466 e. The highest BCUT2D eigenvalue weighted by atomic mass is 35.5. The van der Waals surface area contributed by atoms with Crippen molar-refractivity contribution in [2.45, 2.75) is 84.8 Å². The normalized spacial score (nSPS) is 18.2. The highest BCUT2D eigenvalue weighted by Gasteiger charge is 2.24. The molecule has 0 aromatic carbocycles. The molecule has 164 valence electrons. The van der Waals surface area contributed by atoms with Crippen LogP contribution in [-0.2, 0) is 20.8 Å². The number of aromatic nitrogens is 1. The van der Waals surface area contributed by atoms with E-state index in [1.807, 2.05) is 0 Å². The molecule has 0 atom stereocenters.